The molecule has 13 heteroatoms. The summed E-state index contributed by atoms with van der Waals surface area (Å²) in [5.41, 5.74) is -1.84. The number of amides is 1. The zero-order valence-electron chi connectivity index (χ0n) is 19.6. The molecular weight excluding hydrogens is 524 g/mol. The van der Waals surface area contributed by atoms with E-state index < -0.39 is 54.8 Å². The predicted octanol–water partition coefficient (Wildman–Crippen LogP) is 5.66. The molecule has 6 nitrogen and oxygen atoms in total. The molecule has 0 bridgehead atoms. The summed E-state index contributed by atoms with van der Waals surface area (Å²) in [6, 6.07) is 6.34. The predicted molar refractivity (Wildman–Crippen MR) is 122 cm³/mol. The topological polar surface area (TPSA) is 80.2 Å². The number of anilines is 1. The van der Waals surface area contributed by atoms with Crippen LogP contribution in [0.15, 0.2) is 53.6 Å². The van der Waals surface area contributed by atoms with Crippen LogP contribution in [0, 0.1) is 5.92 Å². The fourth-order valence-electron chi connectivity index (χ4n) is 4.34. The van der Waals surface area contributed by atoms with Crippen LogP contribution in [0.1, 0.15) is 37.8 Å². The van der Waals surface area contributed by atoms with E-state index in [0.29, 0.717) is 6.07 Å². The number of aromatic nitrogens is 2. The number of alkyl halides is 6. The zero-order valence-corrected chi connectivity index (χ0v) is 20.4. The number of sulfone groups is 1. The highest BCUT2D eigenvalue weighted by Crippen LogP contribution is 2.40. The van der Waals surface area contributed by atoms with Gasteiger partial charge in [0.15, 0.2) is 15.7 Å². The quantitative estimate of drug-likeness (QED) is 0.395. The third-order valence-corrected chi connectivity index (χ3v) is 9.30. The molecule has 0 unspecified atom stereocenters. The van der Waals surface area contributed by atoms with Crippen molar-refractivity contribution in [3.05, 3.63) is 59.8 Å². The fourth-order valence-corrected chi connectivity index (χ4v) is 6.13. The van der Waals surface area contributed by atoms with E-state index in [1.807, 2.05) is 0 Å². The molecule has 1 aliphatic rings. The molecule has 0 saturated carbocycles. The molecule has 2 aromatic carbocycles. The van der Waals surface area contributed by atoms with Gasteiger partial charge in [-0.05, 0) is 62.6 Å². The fraction of sp³-hybridized carbons (Fsp3) is 0.375. The first-order valence-electron chi connectivity index (χ1n) is 11.1. The molecule has 1 amide bonds. The van der Waals surface area contributed by atoms with Gasteiger partial charge < -0.3 is 0 Å². The minimum atomic E-state index is -4.72. The largest absolute Gasteiger partial charge is 0.416 e. The number of carbonyl (C=O) groups is 1. The highest BCUT2D eigenvalue weighted by Gasteiger charge is 2.46. The molecule has 198 valence electrons. The molecule has 4 rings (SSSR count). The van der Waals surface area contributed by atoms with E-state index in [1.165, 1.54) is 24.9 Å². The van der Waals surface area contributed by atoms with Crippen LogP contribution in [-0.4, -0.2) is 35.6 Å². The Morgan fingerprint density at radius 2 is 1.57 bits per heavy atom. The Morgan fingerprint density at radius 1 is 0.919 bits per heavy atom. The van der Waals surface area contributed by atoms with Gasteiger partial charge in [0.1, 0.15) is 0 Å². The summed E-state index contributed by atoms with van der Waals surface area (Å²) >= 11 is 0. The van der Waals surface area contributed by atoms with Gasteiger partial charge in [0.25, 0.3) is 0 Å². The maximum atomic E-state index is 13.3. The van der Waals surface area contributed by atoms with Gasteiger partial charge in [0.05, 0.1) is 38.0 Å². The average molecular weight is 546 g/mol. The van der Waals surface area contributed by atoms with E-state index in [2.05, 4.69) is 9.97 Å². The summed E-state index contributed by atoms with van der Waals surface area (Å²) in [7, 11) is -4.26. The lowest BCUT2D eigenvalue weighted by molar-refractivity contribution is -0.138. The van der Waals surface area contributed by atoms with Crippen LogP contribution in [0.5, 0.6) is 0 Å². The van der Waals surface area contributed by atoms with Crippen LogP contribution in [0.4, 0.5) is 32.2 Å². The van der Waals surface area contributed by atoms with Crippen molar-refractivity contribution in [2.75, 3.05) is 11.4 Å². The van der Waals surface area contributed by atoms with Gasteiger partial charge in [-0.2, -0.15) is 26.3 Å². The molecule has 0 radical (unpaired) electrons. The van der Waals surface area contributed by atoms with Gasteiger partial charge >= 0.3 is 12.4 Å². The summed E-state index contributed by atoms with van der Waals surface area (Å²) in [6.07, 6.45) is -8.12. The van der Waals surface area contributed by atoms with E-state index in [-0.39, 0.29) is 36.2 Å². The Kier molecular flexibility index (Phi) is 6.50. The summed E-state index contributed by atoms with van der Waals surface area (Å²) < 4.78 is 103. The normalized spacial score (nSPS) is 17.9. The van der Waals surface area contributed by atoms with Crippen molar-refractivity contribution in [3.63, 3.8) is 0 Å². The van der Waals surface area contributed by atoms with Crippen LogP contribution >= 0.6 is 0 Å². The molecule has 0 spiro atoms. The maximum absolute atomic E-state index is 13.3. The highest BCUT2D eigenvalue weighted by atomic mass is 32.2. The number of nitrogens with zero attached hydrogens (tertiary/aromatic N) is 3. The average Bonchev–Trinajstić information content (AvgIpc) is 2.82. The molecular formula is C24H21F6N3O3S. The van der Waals surface area contributed by atoms with Gasteiger partial charge in [-0.25, -0.2) is 13.4 Å². The van der Waals surface area contributed by atoms with E-state index >= 15 is 0 Å². The third kappa shape index (κ3) is 5.00. The first-order valence-corrected chi connectivity index (χ1v) is 12.6. The number of benzene rings is 2. The van der Waals surface area contributed by atoms with Crippen molar-refractivity contribution < 1.29 is 39.6 Å². The van der Waals surface area contributed by atoms with Gasteiger partial charge in [-0.15, -0.1) is 0 Å². The number of hydrogen-bond donors (Lipinski definition) is 0. The van der Waals surface area contributed by atoms with E-state index in [0.717, 1.165) is 36.4 Å². The Balaban J connectivity index is 1.56. The Bertz CT molecular complexity index is 1470. The number of hydrogen-bond acceptors (Lipinski definition) is 5. The monoisotopic (exact) mass is 545 g/mol. The Hall–Kier alpha value is -3.22. The number of piperidine rings is 1. The van der Waals surface area contributed by atoms with Gasteiger partial charge in [0.2, 0.25) is 5.91 Å². The van der Waals surface area contributed by atoms with Crippen LogP contribution in [0.3, 0.4) is 0 Å². The molecule has 0 aliphatic carbocycles. The van der Waals surface area contributed by atoms with Gasteiger partial charge in [-0.3, -0.25) is 14.7 Å². The zero-order chi connectivity index (χ0) is 27.4. The SMILES string of the molecule is CC(C)([C@@H]1CCN(c2cnc3cc(C(F)(F)F)ccc3n2)C(=O)C1)S(=O)(=O)c1cccc(C(F)(F)F)c1. The maximum Gasteiger partial charge on any atom is 0.416 e. The number of halogens is 6. The van der Waals surface area contributed by atoms with Crippen molar-refractivity contribution in [1.29, 1.82) is 0 Å². The van der Waals surface area contributed by atoms with Crippen LogP contribution in [-0.2, 0) is 27.0 Å². The van der Waals surface area contributed by atoms with E-state index in [4.69, 9.17) is 0 Å². The number of fused-ring (bicyclic) bond motifs is 1. The second kappa shape index (κ2) is 8.96. The van der Waals surface area contributed by atoms with Crippen molar-refractivity contribution in [2.24, 2.45) is 5.92 Å². The lowest BCUT2D eigenvalue weighted by atomic mass is 9.85. The van der Waals surface area contributed by atoms with Gasteiger partial charge in [0, 0.05) is 13.0 Å². The minimum absolute atomic E-state index is 0.00535. The summed E-state index contributed by atoms with van der Waals surface area (Å²) in [6.45, 7) is 2.81. The molecule has 1 atom stereocenters. The van der Waals surface area contributed by atoms with E-state index in [9.17, 15) is 39.6 Å². The van der Waals surface area contributed by atoms with Crippen molar-refractivity contribution >= 4 is 32.6 Å². The Labute approximate surface area is 208 Å². The smallest absolute Gasteiger partial charge is 0.296 e. The highest BCUT2D eigenvalue weighted by molar-refractivity contribution is 7.92. The standard InChI is InChI=1S/C24H21F6N3O3S/c1-22(2,37(35,36)17-5-3-4-15(10-17)23(25,26)27)14-8-9-33(21(34)12-14)20-13-31-19-11-16(24(28,29)30)6-7-18(19)32-20/h3-7,10-11,13-14H,8-9,12H2,1-2H3/t14-/m1/s1. The molecule has 0 N–H and O–H groups in total. The second-order valence-electron chi connectivity index (χ2n) is 9.30. The molecule has 2 heterocycles. The van der Waals surface area contributed by atoms with E-state index in [1.54, 1.807) is 0 Å². The summed E-state index contributed by atoms with van der Waals surface area (Å²) in [5, 5.41) is 0. The van der Waals surface area contributed by atoms with Crippen LogP contribution in [0.25, 0.3) is 11.0 Å². The molecule has 37 heavy (non-hydrogen) atoms. The lowest BCUT2D eigenvalue weighted by Crippen LogP contribution is -2.49. The summed E-state index contributed by atoms with van der Waals surface area (Å²) in [5.74, 6) is -1.09. The van der Waals surface area contributed by atoms with Crippen LogP contribution in [0.2, 0.25) is 0 Å². The molecule has 1 fully saturated rings. The molecule has 1 aliphatic heterocycles. The first kappa shape index (κ1) is 26.8. The van der Waals surface area contributed by atoms with Crippen molar-refractivity contribution in [3.8, 4) is 0 Å². The minimum Gasteiger partial charge on any atom is -0.296 e. The van der Waals surface area contributed by atoms with Crippen LogP contribution < -0.4 is 4.90 Å². The van der Waals surface area contributed by atoms with Crippen molar-refractivity contribution in [2.45, 2.75) is 48.7 Å². The summed E-state index contributed by atoms with van der Waals surface area (Å²) in [4.78, 5) is 22.0. The second-order valence-corrected chi connectivity index (χ2v) is 11.8. The number of rotatable bonds is 4. The van der Waals surface area contributed by atoms with Gasteiger partial charge in [-0.1, -0.05) is 6.07 Å². The lowest BCUT2D eigenvalue weighted by Gasteiger charge is -2.39. The Morgan fingerprint density at radius 3 is 2.19 bits per heavy atom. The first-order chi connectivity index (χ1) is 17.0. The molecule has 3 aromatic rings. The molecule has 1 saturated heterocycles. The van der Waals surface area contributed by atoms with Crippen molar-refractivity contribution in [1.82, 2.24) is 9.97 Å². The number of carbonyl (C=O) groups excluding carboxylic acids is 1. The third-order valence-electron chi connectivity index (χ3n) is 6.70. The molecule has 1 aromatic heterocycles.